The molecule has 0 spiro atoms. The number of nitrogens with two attached hydrogens (primary N) is 1. The highest BCUT2D eigenvalue weighted by molar-refractivity contribution is 7.80. The van der Waals surface area contributed by atoms with Gasteiger partial charge in [-0.1, -0.05) is 18.6 Å². The molecule has 2 aliphatic carbocycles. The van der Waals surface area contributed by atoms with Crippen molar-refractivity contribution in [2.45, 2.75) is 32.2 Å². The smallest absolute Gasteiger partial charge is 0.124 e. The van der Waals surface area contributed by atoms with Crippen LogP contribution in [0.1, 0.15) is 36.8 Å². The van der Waals surface area contributed by atoms with Crippen LogP contribution in [0.15, 0.2) is 18.2 Å². The van der Waals surface area contributed by atoms with E-state index in [1.54, 1.807) is 6.07 Å². The molecule has 21 heavy (non-hydrogen) atoms. The molecule has 3 unspecified atom stereocenters. The van der Waals surface area contributed by atoms with Gasteiger partial charge >= 0.3 is 0 Å². The Balaban J connectivity index is 1.62. The van der Waals surface area contributed by atoms with Crippen LogP contribution < -0.4 is 5.73 Å². The molecule has 4 heteroatoms. The highest BCUT2D eigenvalue weighted by Gasteiger charge is 2.39. The van der Waals surface area contributed by atoms with Crippen molar-refractivity contribution in [3.8, 4) is 0 Å². The lowest BCUT2D eigenvalue weighted by atomic mass is 9.88. The lowest BCUT2D eigenvalue weighted by Gasteiger charge is -2.27. The van der Waals surface area contributed by atoms with Crippen molar-refractivity contribution in [2.24, 2.45) is 23.5 Å². The summed E-state index contributed by atoms with van der Waals surface area (Å²) in [5, 5.41) is 0. The van der Waals surface area contributed by atoms with Crippen LogP contribution in [0.4, 0.5) is 4.39 Å². The minimum Gasteiger partial charge on any atom is -0.389 e. The maximum Gasteiger partial charge on any atom is 0.124 e. The Kier molecular flexibility index (Phi) is 4.27. The topological polar surface area (TPSA) is 29.3 Å². The summed E-state index contributed by atoms with van der Waals surface area (Å²) in [7, 11) is 2.12. The second-order valence-corrected chi connectivity index (χ2v) is 7.28. The van der Waals surface area contributed by atoms with Crippen molar-refractivity contribution < 1.29 is 4.39 Å². The Morgan fingerprint density at radius 1 is 1.33 bits per heavy atom. The van der Waals surface area contributed by atoms with Gasteiger partial charge in [0.2, 0.25) is 0 Å². The van der Waals surface area contributed by atoms with Crippen LogP contribution in [0.5, 0.6) is 0 Å². The van der Waals surface area contributed by atoms with Crippen LogP contribution in [0.2, 0.25) is 0 Å². The fraction of sp³-hybridized carbons (Fsp3) is 0.588. The molecule has 0 amide bonds. The number of rotatable bonds is 5. The van der Waals surface area contributed by atoms with Crippen LogP contribution >= 0.6 is 12.2 Å². The van der Waals surface area contributed by atoms with Gasteiger partial charge < -0.3 is 10.6 Å². The van der Waals surface area contributed by atoms with Gasteiger partial charge in [0.05, 0.1) is 0 Å². The first-order chi connectivity index (χ1) is 10.0. The summed E-state index contributed by atoms with van der Waals surface area (Å²) in [6.07, 6.45) is 5.67. The first-order valence-corrected chi connectivity index (χ1v) is 8.20. The van der Waals surface area contributed by atoms with Gasteiger partial charge in [0.15, 0.2) is 0 Å². The van der Waals surface area contributed by atoms with Gasteiger partial charge in [0.1, 0.15) is 10.8 Å². The molecule has 1 aromatic carbocycles. The zero-order valence-corrected chi connectivity index (χ0v) is 13.3. The third-order valence-electron chi connectivity index (χ3n) is 5.13. The molecule has 2 N–H and O–H groups in total. The molecule has 0 aliphatic heterocycles. The molecule has 2 fully saturated rings. The second-order valence-electron chi connectivity index (χ2n) is 6.84. The minimum absolute atomic E-state index is 0.256. The zero-order valence-electron chi connectivity index (χ0n) is 12.5. The molecule has 0 heterocycles. The molecule has 2 nitrogen and oxygen atoms in total. The first kappa shape index (κ1) is 14.9. The molecule has 2 aliphatic rings. The predicted molar refractivity (Wildman–Crippen MR) is 87.6 cm³/mol. The predicted octanol–water partition coefficient (Wildman–Crippen LogP) is 3.33. The molecule has 0 aromatic heterocycles. The highest BCUT2D eigenvalue weighted by Crippen LogP contribution is 2.48. The van der Waals surface area contributed by atoms with E-state index >= 15 is 0 Å². The SMILES string of the molecule is CN(Cc1cc(F)cc(C(N)=S)c1)CC1CC2CCC1C2. The number of thiocarbonyl (C=S) groups is 1. The number of benzene rings is 1. The third kappa shape index (κ3) is 3.43. The maximum atomic E-state index is 13.6. The fourth-order valence-electron chi connectivity index (χ4n) is 4.26. The van der Waals surface area contributed by atoms with Crippen LogP contribution in [-0.2, 0) is 6.54 Å². The van der Waals surface area contributed by atoms with Crippen LogP contribution in [0.3, 0.4) is 0 Å². The van der Waals surface area contributed by atoms with Gasteiger partial charge in [-0.25, -0.2) is 4.39 Å². The van der Waals surface area contributed by atoms with Crippen molar-refractivity contribution >= 4 is 17.2 Å². The average Bonchev–Trinajstić information content (AvgIpc) is 2.99. The molecular weight excluding hydrogens is 283 g/mol. The fourth-order valence-corrected chi connectivity index (χ4v) is 4.38. The Bertz CT molecular complexity index is 546. The van der Waals surface area contributed by atoms with E-state index in [1.165, 1.54) is 31.7 Å². The number of nitrogens with zero attached hydrogens (tertiary/aromatic N) is 1. The highest BCUT2D eigenvalue weighted by atomic mass is 32.1. The van der Waals surface area contributed by atoms with Crippen LogP contribution in [0, 0.1) is 23.6 Å². The Hall–Kier alpha value is -1.00. The molecule has 0 radical (unpaired) electrons. The minimum atomic E-state index is -0.261. The zero-order chi connectivity index (χ0) is 15.0. The lowest BCUT2D eigenvalue weighted by molar-refractivity contribution is 0.214. The summed E-state index contributed by atoms with van der Waals surface area (Å²) >= 11 is 4.94. The van der Waals surface area contributed by atoms with E-state index in [4.69, 9.17) is 18.0 Å². The van der Waals surface area contributed by atoms with E-state index in [0.29, 0.717) is 5.56 Å². The van der Waals surface area contributed by atoms with Gasteiger partial charge in [-0.15, -0.1) is 0 Å². The second kappa shape index (κ2) is 6.01. The Morgan fingerprint density at radius 3 is 2.76 bits per heavy atom. The van der Waals surface area contributed by atoms with Gasteiger partial charge in [0.25, 0.3) is 0 Å². The van der Waals surface area contributed by atoms with Crippen molar-refractivity contribution in [3.63, 3.8) is 0 Å². The van der Waals surface area contributed by atoms with Gasteiger partial charge in [0, 0.05) is 18.7 Å². The van der Waals surface area contributed by atoms with Crippen molar-refractivity contribution in [1.82, 2.24) is 4.90 Å². The Labute approximate surface area is 131 Å². The largest absolute Gasteiger partial charge is 0.389 e. The summed E-state index contributed by atoms with van der Waals surface area (Å²) in [5.74, 6) is 2.47. The lowest BCUT2D eigenvalue weighted by Crippen LogP contribution is -2.28. The van der Waals surface area contributed by atoms with Crippen LogP contribution in [0.25, 0.3) is 0 Å². The molecular formula is C17H23FN2S. The molecule has 3 atom stereocenters. The summed E-state index contributed by atoms with van der Waals surface area (Å²) in [4.78, 5) is 2.57. The summed E-state index contributed by atoms with van der Waals surface area (Å²) in [5.41, 5.74) is 7.17. The standard InChI is InChI=1S/C17H23FN2S/c1-20(10-15-5-11-2-3-13(15)4-11)9-12-6-14(17(19)21)8-16(18)7-12/h6-8,11,13,15H,2-5,9-10H2,1H3,(H2,19,21). The molecule has 1 aromatic rings. The number of halogens is 1. The normalized spacial score (nSPS) is 27.5. The molecule has 114 valence electrons. The van der Waals surface area contributed by atoms with Crippen molar-refractivity contribution in [1.29, 1.82) is 0 Å². The molecule has 0 saturated heterocycles. The maximum absolute atomic E-state index is 13.6. The molecule has 3 rings (SSSR count). The van der Waals surface area contributed by atoms with Crippen LogP contribution in [-0.4, -0.2) is 23.5 Å². The van der Waals surface area contributed by atoms with Crippen molar-refractivity contribution in [2.75, 3.05) is 13.6 Å². The van der Waals surface area contributed by atoms with E-state index in [2.05, 4.69) is 11.9 Å². The number of hydrogen-bond donors (Lipinski definition) is 1. The monoisotopic (exact) mass is 306 g/mol. The van der Waals surface area contributed by atoms with Gasteiger partial charge in [-0.2, -0.15) is 0 Å². The molecule has 2 saturated carbocycles. The van der Waals surface area contributed by atoms with Gasteiger partial charge in [-0.3, -0.25) is 0 Å². The van der Waals surface area contributed by atoms with E-state index < -0.39 is 0 Å². The summed E-state index contributed by atoms with van der Waals surface area (Å²) < 4.78 is 13.6. The number of fused-ring (bicyclic) bond motifs is 2. The van der Waals surface area contributed by atoms with E-state index in [0.717, 1.165) is 36.4 Å². The molecule has 2 bridgehead atoms. The summed E-state index contributed by atoms with van der Waals surface area (Å²) in [6, 6.07) is 4.89. The summed E-state index contributed by atoms with van der Waals surface area (Å²) in [6.45, 7) is 1.86. The number of hydrogen-bond acceptors (Lipinski definition) is 2. The quantitative estimate of drug-likeness (QED) is 0.846. The van der Waals surface area contributed by atoms with Gasteiger partial charge in [-0.05, 0) is 67.8 Å². The van der Waals surface area contributed by atoms with Crippen molar-refractivity contribution in [3.05, 3.63) is 35.1 Å². The van der Waals surface area contributed by atoms with E-state index in [1.807, 2.05) is 6.07 Å². The average molecular weight is 306 g/mol. The Morgan fingerprint density at radius 2 is 2.14 bits per heavy atom. The third-order valence-corrected chi connectivity index (χ3v) is 5.36. The first-order valence-electron chi connectivity index (χ1n) is 7.79. The van der Waals surface area contributed by atoms with E-state index in [9.17, 15) is 4.39 Å². The van der Waals surface area contributed by atoms with E-state index in [-0.39, 0.29) is 10.8 Å².